The molecule has 1 N–H and O–H groups in total. The lowest BCUT2D eigenvalue weighted by atomic mass is 10.0. The minimum absolute atomic E-state index is 0.131. The summed E-state index contributed by atoms with van der Waals surface area (Å²) in [6.07, 6.45) is 0. The van der Waals surface area contributed by atoms with Gasteiger partial charge < -0.3 is 14.2 Å². The van der Waals surface area contributed by atoms with E-state index in [-0.39, 0.29) is 10.8 Å². The Morgan fingerprint density at radius 2 is 1.57 bits per heavy atom. The molecular weight excluding hydrogens is 402 g/mol. The molecule has 2 aromatic rings. The van der Waals surface area contributed by atoms with E-state index in [0.717, 1.165) is 11.1 Å². The summed E-state index contributed by atoms with van der Waals surface area (Å²) in [5.41, 5.74) is 2.29. The fourth-order valence-electron chi connectivity index (χ4n) is 3.30. The van der Waals surface area contributed by atoms with E-state index < -0.39 is 16.1 Å². The van der Waals surface area contributed by atoms with Gasteiger partial charge in [0.25, 0.3) is 0 Å². The standard InChI is InChI=1S/C23H33NO5S/c1-8-28-20-11-10-18(13-22(20)29-9-2)17(6)24-30(25,26)23-14-19(15(3)4)21(27-7)12-16(23)5/h10-15,17,24H,8-9H2,1-7H3. The molecule has 2 aromatic carbocycles. The van der Waals surface area contributed by atoms with Gasteiger partial charge in [0.1, 0.15) is 5.75 Å². The molecule has 1 atom stereocenters. The average molecular weight is 436 g/mol. The predicted octanol–water partition coefficient (Wildman–Crippen LogP) is 4.96. The number of benzene rings is 2. The molecule has 1 unspecified atom stereocenters. The SMILES string of the molecule is CCOc1ccc(C(C)NS(=O)(=O)c2cc(C(C)C)c(OC)cc2C)cc1OCC. The van der Waals surface area contributed by atoms with Crippen LogP contribution in [-0.4, -0.2) is 28.7 Å². The highest BCUT2D eigenvalue weighted by molar-refractivity contribution is 7.89. The van der Waals surface area contributed by atoms with Crippen molar-refractivity contribution in [2.24, 2.45) is 0 Å². The maximum absolute atomic E-state index is 13.2. The molecule has 6 nitrogen and oxygen atoms in total. The number of hydrogen-bond donors (Lipinski definition) is 1. The average Bonchev–Trinajstić information content (AvgIpc) is 2.68. The van der Waals surface area contributed by atoms with E-state index in [2.05, 4.69) is 4.72 Å². The fraction of sp³-hybridized carbons (Fsp3) is 0.478. The summed E-state index contributed by atoms with van der Waals surface area (Å²) in [4.78, 5) is 0.259. The van der Waals surface area contributed by atoms with Gasteiger partial charge in [0, 0.05) is 6.04 Å². The third kappa shape index (κ3) is 5.46. The van der Waals surface area contributed by atoms with Crippen LogP contribution in [0.1, 0.15) is 63.3 Å². The van der Waals surface area contributed by atoms with Crippen LogP contribution in [0, 0.1) is 6.92 Å². The van der Waals surface area contributed by atoms with Gasteiger partial charge in [0.05, 0.1) is 25.2 Å². The second-order valence-corrected chi connectivity index (χ2v) is 9.11. The lowest BCUT2D eigenvalue weighted by molar-refractivity contribution is 0.287. The molecule has 7 heteroatoms. The van der Waals surface area contributed by atoms with Crippen molar-refractivity contribution >= 4 is 10.0 Å². The first-order chi connectivity index (χ1) is 14.1. The Bertz CT molecular complexity index is 970. The molecular formula is C23H33NO5S. The van der Waals surface area contributed by atoms with Crippen molar-refractivity contribution in [3.05, 3.63) is 47.0 Å². The zero-order chi connectivity index (χ0) is 22.5. The highest BCUT2D eigenvalue weighted by Crippen LogP contribution is 2.33. The minimum Gasteiger partial charge on any atom is -0.496 e. The third-order valence-electron chi connectivity index (χ3n) is 4.84. The zero-order valence-electron chi connectivity index (χ0n) is 18.9. The van der Waals surface area contributed by atoms with Gasteiger partial charge in [-0.15, -0.1) is 0 Å². The fourth-order valence-corrected chi connectivity index (χ4v) is 4.79. The summed E-state index contributed by atoms with van der Waals surface area (Å²) in [7, 11) is -2.15. The Morgan fingerprint density at radius 3 is 2.13 bits per heavy atom. The molecule has 0 heterocycles. The summed E-state index contributed by atoms with van der Waals surface area (Å²) in [6.45, 7) is 12.4. The van der Waals surface area contributed by atoms with Crippen LogP contribution in [0.15, 0.2) is 35.2 Å². The summed E-state index contributed by atoms with van der Waals surface area (Å²) >= 11 is 0. The molecule has 0 aliphatic rings. The lowest BCUT2D eigenvalue weighted by Crippen LogP contribution is -2.27. The summed E-state index contributed by atoms with van der Waals surface area (Å²) in [5, 5.41) is 0. The molecule has 0 spiro atoms. The van der Waals surface area contributed by atoms with Gasteiger partial charge >= 0.3 is 0 Å². The summed E-state index contributed by atoms with van der Waals surface area (Å²) in [6, 6.07) is 8.51. The molecule has 0 bridgehead atoms. The first-order valence-electron chi connectivity index (χ1n) is 10.2. The molecule has 2 rings (SSSR count). The van der Waals surface area contributed by atoms with Crippen LogP contribution >= 0.6 is 0 Å². The van der Waals surface area contributed by atoms with Gasteiger partial charge in [0.15, 0.2) is 11.5 Å². The van der Waals surface area contributed by atoms with Crippen LogP contribution in [0.25, 0.3) is 0 Å². The van der Waals surface area contributed by atoms with E-state index in [4.69, 9.17) is 14.2 Å². The van der Waals surface area contributed by atoms with Crippen LogP contribution in [-0.2, 0) is 10.0 Å². The molecule has 0 fully saturated rings. The van der Waals surface area contributed by atoms with Crippen molar-refractivity contribution in [2.75, 3.05) is 20.3 Å². The maximum atomic E-state index is 13.2. The Balaban J connectivity index is 2.37. The van der Waals surface area contributed by atoms with Crippen molar-refractivity contribution in [2.45, 2.75) is 58.4 Å². The van der Waals surface area contributed by atoms with Gasteiger partial charge in [-0.25, -0.2) is 13.1 Å². The van der Waals surface area contributed by atoms with Crippen molar-refractivity contribution in [1.82, 2.24) is 4.72 Å². The topological polar surface area (TPSA) is 73.9 Å². The first-order valence-corrected chi connectivity index (χ1v) is 11.7. The molecule has 0 saturated carbocycles. The van der Waals surface area contributed by atoms with E-state index in [0.29, 0.717) is 36.0 Å². The van der Waals surface area contributed by atoms with Crippen LogP contribution in [0.2, 0.25) is 0 Å². The Hall–Kier alpha value is -2.25. The number of ether oxygens (including phenoxy) is 3. The minimum atomic E-state index is -3.74. The van der Waals surface area contributed by atoms with Crippen LogP contribution < -0.4 is 18.9 Å². The second-order valence-electron chi connectivity index (χ2n) is 7.43. The van der Waals surface area contributed by atoms with Crippen molar-refractivity contribution in [3.63, 3.8) is 0 Å². The van der Waals surface area contributed by atoms with E-state index in [1.54, 1.807) is 26.2 Å². The number of aryl methyl sites for hydroxylation is 1. The van der Waals surface area contributed by atoms with Gasteiger partial charge in [-0.05, 0) is 74.6 Å². The second kappa shape index (κ2) is 10.2. The third-order valence-corrected chi connectivity index (χ3v) is 6.52. The van der Waals surface area contributed by atoms with Gasteiger partial charge in [-0.1, -0.05) is 19.9 Å². The van der Waals surface area contributed by atoms with E-state index in [9.17, 15) is 8.42 Å². The largest absolute Gasteiger partial charge is 0.496 e. The van der Waals surface area contributed by atoms with Gasteiger partial charge in [-0.2, -0.15) is 0 Å². The highest BCUT2D eigenvalue weighted by atomic mass is 32.2. The maximum Gasteiger partial charge on any atom is 0.241 e. The monoisotopic (exact) mass is 435 g/mol. The molecule has 0 saturated heterocycles. The zero-order valence-corrected chi connectivity index (χ0v) is 19.7. The molecule has 0 radical (unpaired) electrons. The summed E-state index contributed by atoms with van der Waals surface area (Å²) in [5.74, 6) is 2.07. The van der Waals surface area contributed by atoms with Gasteiger partial charge in [-0.3, -0.25) is 0 Å². The molecule has 166 valence electrons. The molecule has 0 aliphatic heterocycles. The lowest BCUT2D eigenvalue weighted by Gasteiger charge is -2.20. The summed E-state index contributed by atoms with van der Waals surface area (Å²) < 4.78 is 45.8. The smallest absolute Gasteiger partial charge is 0.241 e. The quantitative estimate of drug-likeness (QED) is 0.571. The Labute approximate surface area is 180 Å². The van der Waals surface area contributed by atoms with Crippen molar-refractivity contribution < 1.29 is 22.6 Å². The number of rotatable bonds is 10. The number of sulfonamides is 1. The number of nitrogens with one attached hydrogen (secondary N) is 1. The van der Waals surface area contributed by atoms with Crippen molar-refractivity contribution in [1.29, 1.82) is 0 Å². The number of methoxy groups -OCH3 is 1. The van der Waals surface area contributed by atoms with Crippen molar-refractivity contribution in [3.8, 4) is 17.2 Å². The van der Waals surface area contributed by atoms with Crippen LogP contribution in [0.4, 0.5) is 0 Å². The molecule has 0 aromatic heterocycles. The van der Waals surface area contributed by atoms with E-state index in [1.807, 2.05) is 52.8 Å². The predicted molar refractivity (Wildman–Crippen MR) is 119 cm³/mol. The highest BCUT2D eigenvalue weighted by Gasteiger charge is 2.24. The van der Waals surface area contributed by atoms with E-state index >= 15 is 0 Å². The number of hydrogen-bond acceptors (Lipinski definition) is 5. The molecule has 0 aliphatic carbocycles. The Kier molecular flexibility index (Phi) is 8.15. The van der Waals surface area contributed by atoms with Crippen LogP contribution in [0.5, 0.6) is 17.2 Å². The molecule has 0 amide bonds. The van der Waals surface area contributed by atoms with Crippen LogP contribution in [0.3, 0.4) is 0 Å². The molecule has 30 heavy (non-hydrogen) atoms. The normalized spacial score (nSPS) is 12.7. The first kappa shape index (κ1) is 24.0. The van der Waals surface area contributed by atoms with Gasteiger partial charge in [0.2, 0.25) is 10.0 Å². The van der Waals surface area contributed by atoms with E-state index in [1.165, 1.54) is 0 Å². The Morgan fingerprint density at radius 1 is 0.933 bits per heavy atom.